The van der Waals surface area contributed by atoms with Gasteiger partial charge in [0.25, 0.3) is 0 Å². The molecule has 6 nitrogen and oxygen atoms in total. The molecule has 23 heavy (non-hydrogen) atoms. The Morgan fingerprint density at radius 1 is 0.913 bits per heavy atom. The van der Waals surface area contributed by atoms with Gasteiger partial charge < -0.3 is 4.90 Å². The second-order valence-electron chi connectivity index (χ2n) is 6.79. The topological polar surface area (TPSA) is 58.0 Å². The molecule has 120 valence electrons. The van der Waals surface area contributed by atoms with Crippen LogP contribution in [-0.4, -0.2) is 51.0 Å². The molecular formula is C17H22N6. The SMILES string of the molecule is Cc1cnc(CN2CC3CN(c4cc(C)ncn4)CC3C2)cn1. The van der Waals surface area contributed by atoms with Gasteiger partial charge in [-0.3, -0.25) is 14.9 Å². The van der Waals surface area contributed by atoms with Crippen molar-refractivity contribution < 1.29 is 0 Å². The van der Waals surface area contributed by atoms with Crippen LogP contribution in [-0.2, 0) is 6.54 Å². The Bertz CT molecular complexity index is 672. The highest BCUT2D eigenvalue weighted by Crippen LogP contribution is 2.33. The van der Waals surface area contributed by atoms with E-state index in [4.69, 9.17) is 0 Å². The van der Waals surface area contributed by atoms with E-state index in [1.54, 1.807) is 6.33 Å². The standard InChI is InChI=1S/C17H22N6/c1-12-3-17(21-11-20-12)23-8-14-6-22(7-15(14)9-23)10-16-5-18-13(2)4-19-16/h3-5,11,14-15H,6-10H2,1-2H3. The lowest BCUT2D eigenvalue weighted by Crippen LogP contribution is -2.29. The average molecular weight is 310 g/mol. The number of rotatable bonds is 3. The Balaban J connectivity index is 1.37. The highest BCUT2D eigenvalue weighted by Gasteiger charge is 2.40. The van der Waals surface area contributed by atoms with E-state index in [0.717, 1.165) is 67.5 Å². The molecule has 2 unspecified atom stereocenters. The van der Waals surface area contributed by atoms with E-state index in [0.29, 0.717) is 0 Å². The van der Waals surface area contributed by atoms with Gasteiger partial charge in [-0.1, -0.05) is 0 Å². The number of likely N-dealkylation sites (tertiary alicyclic amines) is 1. The first-order valence-corrected chi connectivity index (χ1v) is 8.21. The van der Waals surface area contributed by atoms with Crippen LogP contribution in [0.2, 0.25) is 0 Å². The fraction of sp³-hybridized carbons (Fsp3) is 0.529. The number of aryl methyl sites for hydroxylation is 2. The van der Waals surface area contributed by atoms with Gasteiger partial charge in [0.05, 0.1) is 11.4 Å². The Hall–Kier alpha value is -2.08. The van der Waals surface area contributed by atoms with Crippen molar-refractivity contribution in [3.05, 3.63) is 41.9 Å². The summed E-state index contributed by atoms with van der Waals surface area (Å²) in [5, 5.41) is 0. The predicted octanol–water partition coefficient (Wildman–Crippen LogP) is 1.45. The summed E-state index contributed by atoms with van der Waals surface area (Å²) in [4.78, 5) is 22.4. The molecule has 2 aliphatic heterocycles. The quantitative estimate of drug-likeness (QED) is 0.855. The molecule has 2 aliphatic rings. The molecule has 2 atom stereocenters. The van der Waals surface area contributed by atoms with Crippen molar-refractivity contribution >= 4 is 5.82 Å². The fourth-order valence-corrected chi connectivity index (χ4v) is 3.75. The number of nitrogens with zero attached hydrogens (tertiary/aromatic N) is 6. The second-order valence-corrected chi connectivity index (χ2v) is 6.79. The van der Waals surface area contributed by atoms with Gasteiger partial charge >= 0.3 is 0 Å². The maximum atomic E-state index is 4.48. The van der Waals surface area contributed by atoms with Crippen LogP contribution in [0.5, 0.6) is 0 Å². The van der Waals surface area contributed by atoms with Crippen molar-refractivity contribution in [3.63, 3.8) is 0 Å². The molecule has 4 heterocycles. The maximum absolute atomic E-state index is 4.48. The number of hydrogen-bond acceptors (Lipinski definition) is 6. The summed E-state index contributed by atoms with van der Waals surface area (Å²) in [5.74, 6) is 2.52. The normalized spacial score (nSPS) is 24.2. The van der Waals surface area contributed by atoms with Gasteiger partial charge in [0.1, 0.15) is 12.1 Å². The lowest BCUT2D eigenvalue weighted by Gasteiger charge is -2.22. The van der Waals surface area contributed by atoms with E-state index >= 15 is 0 Å². The lowest BCUT2D eigenvalue weighted by atomic mass is 10.0. The Morgan fingerprint density at radius 3 is 2.35 bits per heavy atom. The molecule has 0 aliphatic carbocycles. The fourth-order valence-electron chi connectivity index (χ4n) is 3.75. The van der Waals surface area contributed by atoms with Gasteiger partial charge in [-0.25, -0.2) is 9.97 Å². The molecule has 0 N–H and O–H groups in total. The lowest BCUT2D eigenvalue weighted by molar-refractivity contribution is 0.304. The van der Waals surface area contributed by atoms with E-state index < -0.39 is 0 Å². The van der Waals surface area contributed by atoms with Crippen LogP contribution in [0.15, 0.2) is 24.8 Å². The van der Waals surface area contributed by atoms with Crippen molar-refractivity contribution in [1.29, 1.82) is 0 Å². The third kappa shape index (κ3) is 3.03. The second kappa shape index (κ2) is 5.85. The van der Waals surface area contributed by atoms with Gasteiger partial charge in [-0.2, -0.15) is 0 Å². The Morgan fingerprint density at radius 2 is 1.70 bits per heavy atom. The monoisotopic (exact) mass is 310 g/mol. The molecule has 0 saturated carbocycles. The molecular weight excluding hydrogens is 288 g/mol. The van der Waals surface area contributed by atoms with E-state index in [2.05, 4.69) is 35.8 Å². The summed E-state index contributed by atoms with van der Waals surface area (Å²) in [7, 11) is 0. The summed E-state index contributed by atoms with van der Waals surface area (Å²) in [6.45, 7) is 9.37. The summed E-state index contributed by atoms with van der Waals surface area (Å²) >= 11 is 0. The van der Waals surface area contributed by atoms with Gasteiger partial charge in [-0.15, -0.1) is 0 Å². The van der Waals surface area contributed by atoms with Gasteiger partial charge in [0.2, 0.25) is 0 Å². The minimum Gasteiger partial charge on any atom is -0.356 e. The third-order valence-corrected chi connectivity index (χ3v) is 4.90. The maximum Gasteiger partial charge on any atom is 0.132 e. The first-order chi connectivity index (χ1) is 11.2. The molecule has 6 heteroatoms. The highest BCUT2D eigenvalue weighted by molar-refractivity contribution is 5.40. The third-order valence-electron chi connectivity index (χ3n) is 4.90. The van der Waals surface area contributed by atoms with E-state index in [-0.39, 0.29) is 0 Å². The minimum absolute atomic E-state index is 0.726. The summed E-state index contributed by atoms with van der Waals surface area (Å²) < 4.78 is 0. The first-order valence-electron chi connectivity index (χ1n) is 8.21. The van der Waals surface area contributed by atoms with Crippen molar-refractivity contribution in [2.45, 2.75) is 20.4 Å². The van der Waals surface area contributed by atoms with Crippen molar-refractivity contribution in [2.24, 2.45) is 11.8 Å². The number of hydrogen-bond donors (Lipinski definition) is 0. The van der Waals surface area contributed by atoms with E-state index in [9.17, 15) is 0 Å². The van der Waals surface area contributed by atoms with Gasteiger partial charge in [0, 0.05) is 56.9 Å². The number of aromatic nitrogens is 4. The Labute approximate surface area is 136 Å². The van der Waals surface area contributed by atoms with Crippen LogP contribution in [0.3, 0.4) is 0 Å². The number of fused-ring (bicyclic) bond motifs is 1. The molecule has 0 spiro atoms. The van der Waals surface area contributed by atoms with Crippen molar-refractivity contribution in [3.8, 4) is 0 Å². The first kappa shape index (κ1) is 14.5. The zero-order valence-corrected chi connectivity index (χ0v) is 13.7. The largest absolute Gasteiger partial charge is 0.356 e. The molecule has 0 bridgehead atoms. The van der Waals surface area contributed by atoms with E-state index in [1.807, 2.05) is 26.2 Å². The smallest absolute Gasteiger partial charge is 0.132 e. The molecule has 0 aromatic carbocycles. The van der Waals surface area contributed by atoms with Crippen molar-refractivity contribution in [2.75, 3.05) is 31.1 Å². The van der Waals surface area contributed by atoms with Crippen LogP contribution in [0.1, 0.15) is 17.1 Å². The summed E-state index contributed by atoms with van der Waals surface area (Å²) in [5.41, 5.74) is 3.08. The zero-order chi connectivity index (χ0) is 15.8. The molecule has 0 amide bonds. The molecule has 2 fully saturated rings. The molecule has 2 saturated heterocycles. The zero-order valence-electron chi connectivity index (χ0n) is 13.7. The van der Waals surface area contributed by atoms with Crippen LogP contribution >= 0.6 is 0 Å². The molecule has 2 aromatic rings. The van der Waals surface area contributed by atoms with Gasteiger partial charge in [0.15, 0.2) is 0 Å². The average Bonchev–Trinajstić information content (AvgIpc) is 3.08. The van der Waals surface area contributed by atoms with Crippen LogP contribution in [0.25, 0.3) is 0 Å². The minimum atomic E-state index is 0.726. The summed E-state index contributed by atoms with van der Waals surface area (Å²) in [6.07, 6.45) is 5.42. The highest BCUT2D eigenvalue weighted by atomic mass is 15.3. The molecule has 2 aromatic heterocycles. The predicted molar refractivity (Wildman–Crippen MR) is 88.0 cm³/mol. The molecule has 0 radical (unpaired) electrons. The van der Waals surface area contributed by atoms with Crippen LogP contribution in [0.4, 0.5) is 5.82 Å². The Kier molecular flexibility index (Phi) is 3.69. The van der Waals surface area contributed by atoms with Crippen LogP contribution < -0.4 is 4.90 Å². The van der Waals surface area contributed by atoms with Gasteiger partial charge in [-0.05, 0) is 25.7 Å². The number of anilines is 1. The summed E-state index contributed by atoms with van der Waals surface area (Å²) in [6, 6.07) is 2.08. The van der Waals surface area contributed by atoms with Crippen LogP contribution in [0, 0.1) is 25.7 Å². The molecule has 4 rings (SSSR count). The van der Waals surface area contributed by atoms with E-state index in [1.165, 1.54) is 0 Å². The van der Waals surface area contributed by atoms with Crippen molar-refractivity contribution in [1.82, 2.24) is 24.8 Å².